The van der Waals surface area contributed by atoms with Crippen molar-refractivity contribution < 1.29 is 22.7 Å². The van der Waals surface area contributed by atoms with Crippen molar-refractivity contribution in [2.75, 3.05) is 50.8 Å². The van der Waals surface area contributed by atoms with Crippen LogP contribution < -0.4 is 15.2 Å². The van der Waals surface area contributed by atoms with Crippen molar-refractivity contribution >= 4 is 33.4 Å². The molecule has 40 heavy (non-hydrogen) atoms. The average Bonchev–Trinajstić information content (AvgIpc) is 2.93. The van der Waals surface area contributed by atoms with Crippen LogP contribution in [0.2, 0.25) is 5.02 Å². The fourth-order valence-corrected chi connectivity index (χ4v) is 6.14. The summed E-state index contributed by atoms with van der Waals surface area (Å²) in [7, 11) is -3.38. The standard InChI is InChI=1S/C27H38ClN5O6S/c1-19(2)18-38-27(35)31-10-8-23(9-11-31)39-25-24(30-12-14-32(15-13-30)40(36,37)20(3)4)17-29-33(26(25)34)22-7-5-6-21(28)16-22/h5-7,16-17,19-20,23H,8-15,18H2,1-4H3. The molecule has 1 aromatic carbocycles. The number of hydrogen-bond donors (Lipinski definition) is 0. The largest absolute Gasteiger partial charge is 0.483 e. The number of anilines is 1. The number of carbonyl (C=O) groups is 1. The summed E-state index contributed by atoms with van der Waals surface area (Å²) in [5.41, 5.74) is 0.587. The smallest absolute Gasteiger partial charge is 0.409 e. The molecule has 2 aliphatic rings. The summed E-state index contributed by atoms with van der Waals surface area (Å²) in [4.78, 5) is 29.8. The third-order valence-corrected chi connectivity index (χ3v) is 9.54. The van der Waals surface area contributed by atoms with E-state index in [4.69, 9.17) is 21.1 Å². The zero-order valence-corrected chi connectivity index (χ0v) is 25.0. The number of likely N-dealkylation sites (tertiary alicyclic amines) is 1. The maximum atomic E-state index is 13.8. The van der Waals surface area contributed by atoms with Crippen molar-refractivity contribution in [2.24, 2.45) is 5.92 Å². The number of piperidine rings is 1. The number of hydrogen-bond acceptors (Lipinski definition) is 8. The second kappa shape index (κ2) is 12.8. The van der Waals surface area contributed by atoms with Gasteiger partial charge in [-0.3, -0.25) is 4.79 Å². The molecule has 0 aliphatic carbocycles. The van der Waals surface area contributed by atoms with Gasteiger partial charge >= 0.3 is 11.7 Å². The number of amides is 1. The van der Waals surface area contributed by atoms with E-state index < -0.39 is 20.8 Å². The van der Waals surface area contributed by atoms with Crippen molar-refractivity contribution in [3.8, 4) is 11.4 Å². The average molecular weight is 596 g/mol. The van der Waals surface area contributed by atoms with Crippen LogP contribution in [0.15, 0.2) is 35.3 Å². The Balaban J connectivity index is 1.56. The summed E-state index contributed by atoms with van der Waals surface area (Å²) in [6, 6.07) is 6.84. The minimum atomic E-state index is -3.38. The van der Waals surface area contributed by atoms with E-state index in [-0.39, 0.29) is 23.9 Å². The molecule has 2 fully saturated rings. The molecule has 2 aromatic rings. The zero-order chi connectivity index (χ0) is 29.0. The van der Waals surface area contributed by atoms with Gasteiger partial charge in [0.1, 0.15) is 11.8 Å². The van der Waals surface area contributed by atoms with Crippen LogP contribution in [0.3, 0.4) is 0 Å². The highest BCUT2D eigenvalue weighted by atomic mass is 35.5. The van der Waals surface area contributed by atoms with Gasteiger partial charge in [-0.2, -0.15) is 14.1 Å². The second-order valence-electron chi connectivity index (χ2n) is 10.8. The lowest BCUT2D eigenvalue weighted by Crippen LogP contribution is -2.51. The molecule has 0 saturated carbocycles. The van der Waals surface area contributed by atoms with Crippen LogP contribution in [0.5, 0.6) is 5.75 Å². The number of sulfonamides is 1. The summed E-state index contributed by atoms with van der Waals surface area (Å²) < 4.78 is 39.8. The van der Waals surface area contributed by atoms with Crippen LogP contribution in [0.4, 0.5) is 10.5 Å². The van der Waals surface area contributed by atoms with Crippen molar-refractivity contribution in [2.45, 2.75) is 51.9 Å². The van der Waals surface area contributed by atoms with Crippen LogP contribution in [0, 0.1) is 5.92 Å². The molecule has 0 atom stereocenters. The molecule has 2 aliphatic heterocycles. The molecule has 0 bridgehead atoms. The molecule has 4 rings (SSSR count). The van der Waals surface area contributed by atoms with E-state index in [1.807, 2.05) is 18.7 Å². The summed E-state index contributed by atoms with van der Waals surface area (Å²) in [5.74, 6) is 0.403. The first-order valence-corrected chi connectivity index (χ1v) is 15.6. The minimum Gasteiger partial charge on any atom is -0.483 e. The SMILES string of the molecule is CC(C)COC(=O)N1CCC(Oc2c(N3CCN(S(=O)(=O)C(C)C)CC3)cnn(-c3cccc(Cl)c3)c2=O)CC1. The first-order valence-electron chi connectivity index (χ1n) is 13.7. The maximum Gasteiger partial charge on any atom is 0.409 e. The maximum absolute atomic E-state index is 13.8. The van der Waals surface area contributed by atoms with Crippen molar-refractivity contribution in [1.82, 2.24) is 19.0 Å². The molecule has 1 aromatic heterocycles. The third kappa shape index (κ3) is 6.90. The molecule has 220 valence electrons. The van der Waals surface area contributed by atoms with Crippen molar-refractivity contribution in [1.29, 1.82) is 0 Å². The predicted molar refractivity (Wildman–Crippen MR) is 154 cm³/mol. The number of piperazine rings is 1. The van der Waals surface area contributed by atoms with Gasteiger partial charge in [0, 0.05) is 57.1 Å². The second-order valence-corrected chi connectivity index (χ2v) is 13.7. The Hall–Kier alpha value is -2.83. The van der Waals surface area contributed by atoms with E-state index in [1.54, 1.807) is 49.2 Å². The van der Waals surface area contributed by atoms with Crippen LogP contribution in [0.1, 0.15) is 40.5 Å². The number of aromatic nitrogens is 2. The van der Waals surface area contributed by atoms with Gasteiger partial charge in [-0.1, -0.05) is 31.5 Å². The Morgan fingerprint density at radius 1 is 1.07 bits per heavy atom. The number of ether oxygens (including phenoxy) is 2. The number of halogens is 1. The van der Waals surface area contributed by atoms with Gasteiger partial charge in [0.2, 0.25) is 15.8 Å². The predicted octanol–water partition coefficient (Wildman–Crippen LogP) is 3.38. The highest BCUT2D eigenvalue weighted by Crippen LogP contribution is 2.29. The molecule has 0 N–H and O–H groups in total. The molecular formula is C27H38ClN5O6S. The topological polar surface area (TPSA) is 114 Å². The first-order chi connectivity index (χ1) is 19.0. The highest BCUT2D eigenvalue weighted by Gasteiger charge is 2.32. The number of benzene rings is 1. The molecule has 11 nitrogen and oxygen atoms in total. The van der Waals surface area contributed by atoms with Crippen LogP contribution >= 0.6 is 11.6 Å². The molecular weight excluding hydrogens is 558 g/mol. The van der Waals surface area contributed by atoms with Crippen LogP contribution in [-0.4, -0.2) is 90.7 Å². The van der Waals surface area contributed by atoms with Crippen molar-refractivity contribution in [3.63, 3.8) is 0 Å². The van der Waals surface area contributed by atoms with Gasteiger partial charge in [-0.25, -0.2) is 13.2 Å². The molecule has 0 unspecified atom stereocenters. The van der Waals surface area contributed by atoms with Gasteiger partial charge < -0.3 is 19.3 Å². The number of carbonyl (C=O) groups excluding carboxylic acids is 1. The van der Waals surface area contributed by atoms with Gasteiger partial charge in [0.05, 0.1) is 23.7 Å². The van der Waals surface area contributed by atoms with E-state index in [0.29, 0.717) is 75.1 Å². The number of rotatable bonds is 8. The monoisotopic (exact) mass is 595 g/mol. The van der Waals surface area contributed by atoms with E-state index in [2.05, 4.69) is 5.10 Å². The normalized spacial score (nSPS) is 17.5. The lowest BCUT2D eigenvalue weighted by Gasteiger charge is -2.37. The van der Waals surface area contributed by atoms with Crippen molar-refractivity contribution in [3.05, 3.63) is 45.8 Å². The fraction of sp³-hybridized carbons (Fsp3) is 0.593. The summed E-state index contributed by atoms with van der Waals surface area (Å²) in [5, 5.41) is 4.37. The van der Waals surface area contributed by atoms with Crippen LogP contribution in [-0.2, 0) is 14.8 Å². The lowest BCUT2D eigenvalue weighted by molar-refractivity contribution is 0.0614. The van der Waals surface area contributed by atoms with E-state index in [9.17, 15) is 18.0 Å². The Kier molecular flexibility index (Phi) is 9.63. The molecule has 3 heterocycles. The summed E-state index contributed by atoms with van der Waals surface area (Å²) in [6.45, 7) is 9.97. The lowest BCUT2D eigenvalue weighted by atomic mass is 10.1. The third-order valence-electron chi connectivity index (χ3n) is 7.03. The van der Waals surface area contributed by atoms with Gasteiger partial charge in [-0.05, 0) is 38.0 Å². The Bertz CT molecular complexity index is 1350. The molecule has 1 amide bonds. The molecule has 13 heteroatoms. The molecule has 0 radical (unpaired) electrons. The Morgan fingerprint density at radius 3 is 2.35 bits per heavy atom. The van der Waals surface area contributed by atoms with E-state index in [0.717, 1.165) is 0 Å². The summed E-state index contributed by atoms with van der Waals surface area (Å²) in [6.07, 6.45) is 2.03. The van der Waals surface area contributed by atoms with E-state index >= 15 is 0 Å². The Labute approximate surface area is 240 Å². The first kappa shape index (κ1) is 30.1. The quantitative estimate of drug-likeness (QED) is 0.456. The molecule has 2 saturated heterocycles. The van der Waals surface area contributed by atoms with Gasteiger partial charge in [0.15, 0.2) is 0 Å². The fourth-order valence-electron chi connectivity index (χ4n) is 4.69. The Morgan fingerprint density at radius 2 is 1.75 bits per heavy atom. The molecule has 0 spiro atoms. The highest BCUT2D eigenvalue weighted by molar-refractivity contribution is 7.89. The number of nitrogens with zero attached hydrogens (tertiary/aromatic N) is 5. The van der Waals surface area contributed by atoms with Crippen LogP contribution in [0.25, 0.3) is 5.69 Å². The van der Waals surface area contributed by atoms with Gasteiger partial charge in [0.25, 0.3) is 0 Å². The van der Waals surface area contributed by atoms with E-state index in [1.165, 1.54) is 8.99 Å². The summed E-state index contributed by atoms with van der Waals surface area (Å²) >= 11 is 6.17. The minimum absolute atomic E-state index is 0.149. The zero-order valence-electron chi connectivity index (χ0n) is 23.5. The van der Waals surface area contributed by atoms with Gasteiger partial charge in [-0.15, -0.1) is 0 Å².